The van der Waals surface area contributed by atoms with E-state index >= 15 is 0 Å². The lowest BCUT2D eigenvalue weighted by atomic mass is 9.87. The highest BCUT2D eigenvalue weighted by atomic mass is 19.2. The van der Waals surface area contributed by atoms with E-state index in [-0.39, 0.29) is 24.1 Å². The van der Waals surface area contributed by atoms with Crippen molar-refractivity contribution < 1.29 is 23.1 Å². The number of hydrogen-bond donors (Lipinski definition) is 1. The maximum Gasteiger partial charge on any atom is 0.305 e. The van der Waals surface area contributed by atoms with Gasteiger partial charge < -0.3 is 10.0 Å². The van der Waals surface area contributed by atoms with Crippen LogP contribution in [-0.2, 0) is 17.8 Å². The van der Waals surface area contributed by atoms with Crippen molar-refractivity contribution in [3.05, 3.63) is 88.5 Å². The van der Waals surface area contributed by atoms with Crippen LogP contribution in [0.15, 0.2) is 48.5 Å². The zero-order valence-electron chi connectivity index (χ0n) is 24.7. The van der Waals surface area contributed by atoms with Crippen LogP contribution in [-0.4, -0.2) is 68.9 Å². The predicted octanol–water partition coefficient (Wildman–Crippen LogP) is 6.06. The van der Waals surface area contributed by atoms with E-state index in [0.29, 0.717) is 24.4 Å². The Morgan fingerprint density at radius 1 is 1.02 bits per heavy atom. The molecule has 0 aliphatic carbocycles. The van der Waals surface area contributed by atoms with E-state index in [1.54, 1.807) is 18.2 Å². The molecule has 2 aliphatic heterocycles. The number of hydrogen-bond acceptors (Lipinski definition) is 4. The zero-order chi connectivity index (χ0) is 30.0. The quantitative estimate of drug-likeness (QED) is 0.315. The number of likely N-dealkylation sites (tertiary alicyclic amines) is 2. The summed E-state index contributed by atoms with van der Waals surface area (Å²) in [5.74, 6) is -1.99. The zero-order valence-corrected chi connectivity index (χ0v) is 24.7. The Hall–Kier alpha value is -3.17. The van der Waals surface area contributed by atoms with E-state index in [1.807, 2.05) is 24.6 Å². The van der Waals surface area contributed by atoms with E-state index < -0.39 is 23.1 Å². The number of rotatable bonds is 10. The Kier molecular flexibility index (Phi) is 9.08. The number of aryl methyl sites for hydroxylation is 1. The number of halogens is 3. The summed E-state index contributed by atoms with van der Waals surface area (Å²) in [5, 5.41) is 14.3. The summed E-state index contributed by atoms with van der Waals surface area (Å²) in [6.45, 7) is 11.0. The molecule has 226 valence electrons. The second-order valence-corrected chi connectivity index (χ2v) is 12.6. The lowest BCUT2D eigenvalue weighted by Gasteiger charge is -2.36. The van der Waals surface area contributed by atoms with Gasteiger partial charge in [0.2, 0.25) is 0 Å². The molecule has 0 spiro atoms. The smallest absolute Gasteiger partial charge is 0.305 e. The van der Waals surface area contributed by atoms with Gasteiger partial charge in [-0.25, -0.2) is 13.2 Å². The minimum absolute atomic E-state index is 0.0597. The van der Waals surface area contributed by atoms with Crippen molar-refractivity contribution in [3.8, 4) is 0 Å². The molecule has 2 unspecified atom stereocenters. The third-order valence-corrected chi connectivity index (χ3v) is 9.19. The van der Waals surface area contributed by atoms with Gasteiger partial charge in [0.05, 0.1) is 12.1 Å². The molecule has 2 aromatic carbocycles. The normalized spacial score (nSPS) is 20.8. The molecule has 0 radical (unpaired) electrons. The highest BCUT2D eigenvalue weighted by Gasteiger charge is 2.42. The first-order valence-corrected chi connectivity index (χ1v) is 15.0. The molecule has 1 aromatic heterocycles. The summed E-state index contributed by atoms with van der Waals surface area (Å²) >= 11 is 0. The molecule has 6 nitrogen and oxygen atoms in total. The molecule has 9 heteroatoms. The molecule has 3 aromatic rings. The number of benzene rings is 2. The molecular formula is C33H41F3N4O2. The molecule has 0 saturated carbocycles. The van der Waals surface area contributed by atoms with Gasteiger partial charge in [-0.2, -0.15) is 5.10 Å². The molecule has 2 aliphatic rings. The van der Waals surface area contributed by atoms with Crippen molar-refractivity contribution in [3.63, 3.8) is 0 Å². The number of carboxylic acid groups (broad SMARTS) is 1. The second kappa shape index (κ2) is 12.6. The first kappa shape index (κ1) is 30.3. The van der Waals surface area contributed by atoms with Gasteiger partial charge in [-0.15, -0.1) is 0 Å². The lowest BCUT2D eigenvalue weighted by molar-refractivity contribution is -0.139. The molecule has 0 amide bonds. The maximum atomic E-state index is 14.2. The van der Waals surface area contributed by atoms with Crippen LogP contribution in [0.1, 0.15) is 74.4 Å². The fourth-order valence-corrected chi connectivity index (χ4v) is 6.90. The SMILES string of the molecule is CCn1nc(Cc2ccc(F)c(F)c2)cc1C1CCN(CC2CN(C(C)(C)CC(=O)O)CC2c2cccc(F)c2)CC1. The fraction of sp³-hybridized carbons (Fsp3) is 0.515. The number of aliphatic carboxylic acids is 1. The minimum atomic E-state index is -0.846. The van der Waals surface area contributed by atoms with Crippen LogP contribution in [0, 0.1) is 23.4 Å². The molecule has 2 atom stereocenters. The van der Waals surface area contributed by atoms with Crippen molar-refractivity contribution in [2.45, 2.75) is 70.4 Å². The number of carbonyl (C=O) groups is 1. The van der Waals surface area contributed by atoms with Gasteiger partial charge in [-0.05, 0) is 94.1 Å². The Bertz CT molecular complexity index is 1400. The fourth-order valence-electron chi connectivity index (χ4n) is 6.90. The molecule has 2 fully saturated rings. The summed E-state index contributed by atoms with van der Waals surface area (Å²) in [7, 11) is 0. The van der Waals surface area contributed by atoms with Gasteiger partial charge >= 0.3 is 5.97 Å². The number of carboxylic acids is 1. The summed E-state index contributed by atoms with van der Waals surface area (Å²) in [5.41, 5.74) is 3.22. The van der Waals surface area contributed by atoms with Gasteiger partial charge in [0.15, 0.2) is 11.6 Å². The topological polar surface area (TPSA) is 61.6 Å². The molecular weight excluding hydrogens is 541 g/mol. The monoisotopic (exact) mass is 582 g/mol. The third kappa shape index (κ3) is 6.89. The molecule has 3 heterocycles. The number of nitrogens with zero attached hydrogens (tertiary/aromatic N) is 4. The third-order valence-electron chi connectivity index (χ3n) is 9.19. The Morgan fingerprint density at radius 2 is 1.79 bits per heavy atom. The highest BCUT2D eigenvalue weighted by molar-refractivity contribution is 5.68. The Morgan fingerprint density at radius 3 is 2.45 bits per heavy atom. The predicted molar refractivity (Wildman–Crippen MR) is 156 cm³/mol. The first-order valence-electron chi connectivity index (χ1n) is 15.0. The van der Waals surface area contributed by atoms with Crippen molar-refractivity contribution in [1.82, 2.24) is 19.6 Å². The van der Waals surface area contributed by atoms with E-state index in [4.69, 9.17) is 5.10 Å². The minimum Gasteiger partial charge on any atom is -0.481 e. The van der Waals surface area contributed by atoms with Gasteiger partial charge in [-0.3, -0.25) is 14.4 Å². The molecule has 42 heavy (non-hydrogen) atoms. The summed E-state index contributed by atoms with van der Waals surface area (Å²) < 4.78 is 43.3. The van der Waals surface area contributed by atoms with E-state index in [1.165, 1.54) is 17.8 Å². The van der Waals surface area contributed by atoms with Crippen molar-refractivity contribution in [2.75, 3.05) is 32.7 Å². The van der Waals surface area contributed by atoms with E-state index in [9.17, 15) is 23.1 Å². The molecule has 2 saturated heterocycles. The van der Waals surface area contributed by atoms with Crippen molar-refractivity contribution >= 4 is 5.97 Å². The van der Waals surface area contributed by atoms with E-state index in [0.717, 1.165) is 62.9 Å². The molecule has 0 bridgehead atoms. The maximum absolute atomic E-state index is 14.2. The highest BCUT2D eigenvalue weighted by Crippen LogP contribution is 2.39. The summed E-state index contributed by atoms with van der Waals surface area (Å²) in [6.07, 6.45) is 2.49. The van der Waals surface area contributed by atoms with Gasteiger partial charge in [-0.1, -0.05) is 18.2 Å². The molecule has 1 N–H and O–H groups in total. The van der Waals surface area contributed by atoms with Crippen LogP contribution in [0.25, 0.3) is 0 Å². The standard InChI is InChI=1S/C33H41F3N4O2/c1-4-40-31(17-27(37-40)14-22-8-9-29(35)30(36)15-22)23-10-12-38(13-11-23)19-25-20-39(33(2,3)18-32(41)42)21-28(25)24-6-5-7-26(34)16-24/h5-9,15-17,23,25,28H,4,10-14,18-21H2,1-3H3,(H,41,42). The second-order valence-electron chi connectivity index (χ2n) is 12.6. The Labute approximate surface area is 246 Å². The van der Waals surface area contributed by atoms with Crippen molar-refractivity contribution in [2.24, 2.45) is 5.92 Å². The van der Waals surface area contributed by atoms with Crippen LogP contribution in [0.2, 0.25) is 0 Å². The molecule has 5 rings (SSSR count). The average molecular weight is 583 g/mol. The summed E-state index contributed by atoms with van der Waals surface area (Å²) in [4.78, 5) is 16.3. The van der Waals surface area contributed by atoms with Crippen LogP contribution >= 0.6 is 0 Å². The largest absolute Gasteiger partial charge is 0.481 e. The van der Waals surface area contributed by atoms with Crippen LogP contribution in [0.4, 0.5) is 13.2 Å². The average Bonchev–Trinajstić information content (AvgIpc) is 3.55. The van der Waals surface area contributed by atoms with Gasteiger partial charge in [0.25, 0.3) is 0 Å². The van der Waals surface area contributed by atoms with Gasteiger partial charge in [0, 0.05) is 55.7 Å². The van der Waals surface area contributed by atoms with Crippen LogP contribution in [0.5, 0.6) is 0 Å². The lowest BCUT2D eigenvalue weighted by Crippen LogP contribution is -2.45. The number of aromatic nitrogens is 2. The van der Waals surface area contributed by atoms with Gasteiger partial charge in [0.1, 0.15) is 5.82 Å². The first-order chi connectivity index (χ1) is 20.0. The van der Waals surface area contributed by atoms with Crippen LogP contribution in [0.3, 0.4) is 0 Å². The summed E-state index contributed by atoms with van der Waals surface area (Å²) in [6, 6.07) is 13.0. The van der Waals surface area contributed by atoms with Crippen LogP contribution < -0.4 is 0 Å². The Balaban J connectivity index is 1.25. The van der Waals surface area contributed by atoms with Crippen molar-refractivity contribution in [1.29, 1.82) is 0 Å². The number of piperidine rings is 1. The van der Waals surface area contributed by atoms with E-state index in [2.05, 4.69) is 22.8 Å².